The molecule has 0 aliphatic carbocycles. The smallest absolute Gasteiger partial charge is 0.301 e. The molecule has 3 aliphatic rings. The molecule has 3 aliphatic heterocycles. The topological polar surface area (TPSA) is 86.6 Å². The van der Waals surface area contributed by atoms with Gasteiger partial charge in [-0.2, -0.15) is 12.7 Å². The van der Waals surface area contributed by atoms with Crippen LogP contribution in [0.2, 0.25) is 5.02 Å². The van der Waals surface area contributed by atoms with Crippen molar-refractivity contribution in [3.63, 3.8) is 0 Å². The minimum Gasteiger partial charge on any atom is -0.456 e. The molecule has 0 aromatic heterocycles. The van der Waals surface area contributed by atoms with Gasteiger partial charge in [0.05, 0.1) is 24.3 Å². The maximum atomic E-state index is 13.4. The SMILES string of the molecule is O=S(=O)(Nc1cccc(Oc2ccc3c(c2)C2=NCCN2C=N3)c1Cl)N1CCC(F)C1. The van der Waals surface area contributed by atoms with E-state index in [1.54, 1.807) is 24.5 Å². The molecule has 1 saturated heterocycles. The standard InChI is InChI=1S/C20H19ClFN5O3S/c21-19-17(25-31(28,29)27-8-6-13(22)11-27)2-1-3-18(19)30-14-4-5-16-15(10-14)20-23-7-9-26(20)12-24-16/h1-5,10,12-13,25H,6-9,11H2. The van der Waals surface area contributed by atoms with Gasteiger partial charge in [0.2, 0.25) is 0 Å². The van der Waals surface area contributed by atoms with Gasteiger partial charge in [0, 0.05) is 25.2 Å². The molecule has 0 radical (unpaired) electrons. The van der Waals surface area contributed by atoms with Gasteiger partial charge in [-0.1, -0.05) is 17.7 Å². The lowest BCUT2D eigenvalue weighted by Crippen LogP contribution is -2.34. The lowest BCUT2D eigenvalue weighted by molar-refractivity contribution is 0.343. The van der Waals surface area contributed by atoms with E-state index in [4.69, 9.17) is 16.3 Å². The van der Waals surface area contributed by atoms with Crippen LogP contribution in [0.15, 0.2) is 46.4 Å². The number of hydrogen-bond donors (Lipinski definition) is 1. The third-order valence-electron chi connectivity index (χ3n) is 5.28. The molecule has 1 atom stereocenters. The van der Waals surface area contributed by atoms with Gasteiger partial charge in [-0.3, -0.25) is 9.71 Å². The fraction of sp³-hybridized carbons (Fsp3) is 0.300. The molecule has 11 heteroatoms. The van der Waals surface area contributed by atoms with Crippen molar-refractivity contribution >= 4 is 45.4 Å². The molecule has 31 heavy (non-hydrogen) atoms. The first-order valence-electron chi connectivity index (χ1n) is 9.79. The van der Waals surface area contributed by atoms with Gasteiger partial charge >= 0.3 is 10.2 Å². The summed E-state index contributed by atoms with van der Waals surface area (Å²) in [4.78, 5) is 10.9. The molecule has 1 fully saturated rings. The van der Waals surface area contributed by atoms with E-state index in [0.29, 0.717) is 12.3 Å². The molecule has 0 amide bonds. The number of fused-ring (bicyclic) bond motifs is 3. The number of anilines is 1. The summed E-state index contributed by atoms with van der Waals surface area (Å²) in [7, 11) is -3.91. The maximum absolute atomic E-state index is 13.4. The predicted octanol–water partition coefficient (Wildman–Crippen LogP) is 3.57. The Morgan fingerprint density at radius 2 is 2.10 bits per heavy atom. The molecule has 0 bridgehead atoms. The number of nitrogens with one attached hydrogen (secondary N) is 1. The molecule has 0 spiro atoms. The van der Waals surface area contributed by atoms with Crippen LogP contribution in [0.4, 0.5) is 15.8 Å². The highest BCUT2D eigenvalue weighted by Gasteiger charge is 2.32. The number of nitrogens with zero attached hydrogens (tertiary/aromatic N) is 4. The summed E-state index contributed by atoms with van der Waals surface area (Å²) in [6.45, 7) is 1.46. The molecule has 3 heterocycles. The van der Waals surface area contributed by atoms with Gasteiger partial charge in [0.15, 0.2) is 0 Å². The number of benzene rings is 2. The number of amidine groups is 1. The Labute approximate surface area is 184 Å². The van der Waals surface area contributed by atoms with Gasteiger partial charge in [-0.15, -0.1) is 0 Å². The first kappa shape index (κ1) is 20.2. The molecule has 1 unspecified atom stereocenters. The van der Waals surface area contributed by atoms with E-state index in [1.165, 1.54) is 6.07 Å². The van der Waals surface area contributed by atoms with E-state index in [-0.39, 0.29) is 36.0 Å². The fourth-order valence-corrected chi connectivity index (χ4v) is 5.27. The van der Waals surface area contributed by atoms with Crippen LogP contribution in [0.3, 0.4) is 0 Å². The van der Waals surface area contributed by atoms with Crippen LogP contribution in [0.25, 0.3) is 0 Å². The Balaban J connectivity index is 1.39. The van der Waals surface area contributed by atoms with Crippen molar-refractivity contribution in [1.82, 2.24) is 9.21 Å². The molecular weight excluding hydrogens is 445 g/mol. The molecule has 0 saturated carbocycles. The van der Waals surface area contributed by atoms with Crippen LogP contribution < -0.4 is 9.46 Å². The summed E-state index contributed by atoms with van der Waals surface area (Å²) in [5, 5.41) is 0.109. The van der Waals surface area contributed by atoms with Crippen molar-refractivity contribution < 1.29 is 17.5 Å². The molecule has 162 valence electrons. The highest BCUT2D eigenvalue weighted by Crippen LogP contribution is 2.38. The minimum absolute atomic E-state index is 0.109. The zero-order chi connectivity index (χ0) is 21.6. The van der Waals surface area contributed by atoms with Crippen LogP contribution in [-0.4, -0.2) is 62.1 Å². The van der Waals surface area contributed by atoms with E-state index < -0.39 is 16.4 Å². The number of halogens is 2. The average molecular weight is 464 g/mol. The zero-order valence-electron chi connectivity index (χ0n) is 16.3. The number of ether oxygens (including phenoxy) is 1. The van der Waals surface area contributed by atoms with Gasteiger partial charge in [-0.25, -0.2) is 9.38 Å². The monoisotopic (exact) mass is 463 g/mol. The Morgan fingerprint density at radius 1 is 1.23 bits per heavy atom. The number of rotatable bonds is 5. The lowest BCUT2D eigenvalue weighted by Gasteiger charge is -2.21. The van der Waals surface area contributed by atoms with Crippen LogP contribution in [0, 0.1) is 0 Å². The second kappa shape index (κ2) is 7.77. The van der Waals surface area contributed by atoms with E-state index in [2.05, 4.69) is 14.7 Å². The molecular formula is C20H19ClFN5O3S. The molecule has 8 nitrogen and oxygen atoms in total. The van der Waals surface area contributed by atoms with E-state index >= 15 is 0 Å². The first-order valence-corrected chi connectivity index (χ1v) is 11.6. The highest BCUT2D eigenvalue weighted by atomic mass is 35.5. The minimum atomic E-state index is -3.91. The van der Waals surface area contributed by atoms with Gasteiger partial charge in [-0.05, 0) is 36.8 Å². The Kier molecular flexibility index (Phi) is 5.07. The quantitative estimate of drug-likeness (QED) is 0.734. The van der Waals surface area contributed by atoms with Gasteiger partial charge < -0.3 is 9.64 Å². The molecule has 1 N–H and O–H groups in total. The van der Waals surface area contributed by atoms with E-state index in [9.17, 15) is 12.8 Å². The predicted molar refractivity (Wildman–Crippen MR) is 118 cm³/mol. The van der Waals surface area contributed by atoms with E-state index in [1.807, 2.05) is 17.0 Å². The summed E-state index contributed by atoms with van der Waals surface area (Å²) in [5.74, 6) is 1.66. The summed E-state index contributed by atoms with van der Waals surface area (Å²) >= 11 is 6.43. The number of aliphatic imine (C=N–C) groups is 2. The van der Waals surface area contributed by atoms with Crippen LogP contribution >= 0.6 is 11.6 Å². The third kappa shape index (κ3) is 3.86. The van der Waals surface area contributed by atoms with E-state index in [0.717, 1.165) is 27.9 Å². The largest absolute Gasteiger partial charge is 0.456 e. The normalized spacial score (nSPS) is 20.4. The second-order valence-corrected chi connectivity index (χ2v) is 9.44. The zero-order valence-corrected chi connectivity index (χ0v) is 17.9. The van der Waals surface area contributed by atoms with Crippen LogP contribution in [0.5, 0.6) is 11.5 Å². The summed E-state index contributed by atoms with van der Waals surface area (Å²) in [6.07, 6.45) is 0.797. The molecule has 2 aromatic rings. The number of alkyl halides is 1. The van der Waals surface area contributed by atoms with Crippen molar-refractivity contribution in [2.45, 2.75) is 12.6 Å². The van der Waals surface area contributed by atoms with Crippen molar-refractivity contribution in [1.29, 1.82) is 0 Å². The van der Waals surface area contributed by atoms with Gasteiger partial charge in [0.1, 0.15) is 28.5 Å². The van der Waals surface area contributed by atoms with Crippen molar-refractivity contribution in [2.75, 3.05) is 30.9 Å². The lowest BCUT2D eigenvalue weighted by atomic mass is 10.1. The second-order valence-electron chi connectivity index (χ2n) is 7.39. The Hall–Kier alpha value is -2.69. The third-order valence-corrected chi connectivity index (χ3v) is 7.16. The summed E-state index contributed by atoms with van der Waals surface area (Å²) in [6, 6.07) is 10.2. The van der Waals surface area contributed by atoms with Gasteiger partial charge in [0.25, 0.3) is 0 Å². The molecule has 5 rings (SSSR count). The number of hydrogen-bond acceptors (Lipinski definition) is 6. The fourth-order valence-electron chi connectivity index (χ4n) is 3.72. The Morgan fingerprint density at radius 3 is 2.90 bits per heavy atom. The maximum Gasteiger partial charge on any atom is 0.301 e. The molecule has 2 aromatic carbocycles. The average Bonchev–Trinajstić information content (AvgIpc) is 3.40. The highest BCUT2D eigenvalue weighted by molar-refractivity contribution is 7.90. The van der Waals surface area contributed by atoms with Crippen molar-refractivity contribution in [2.24, 2.45) is 9.98 Å². The van der Waals surface area contributed by atoms with Crippen LogP contribution in [-0.2, 0) is 10.2 Å². The summed E-state index contributed by atoms with van der Waals surface area (Å²) in [5.41, 5.74) is 1.82. The van der Waals surface area contributed by atoms with Crippen LogP contribution in [0.1, 0.15) is 12.0 Å². The van der Waals surface area contributed by atoms with Crippen molar-refractivity contribution in [3.8, 4) is 11.5 Å². The first-order chi connectivity index (χ1) is 14.9. The van der Waals surface area contributed by atoms with Crippen molar-refractivity contribution in [3.05, 3.63) is 47.0 Å². The Bertz CT molecular complexity index is 1200. The summed E-state index contributed by atoms with van der Waals surface area (Å²) < 4.78 is 48.0.